The van der Waals surface area contributed by atoms with E-state index in [0.29, 0.717) is 12.1 Å². The summed E-state index contributed by atoms with van der Waals surface area (Å²) in [6.07, 6.45) is 4.73. The van der Waals surface area contributed by atoms with Gasteiger partial charge in [-0.1, -0.05) is 0 Å². The summed E-state index contributed by atoms with van der Waals surface area (Å²) in [5.74, 6) is -0.203. The maximum atomic E-state index is 11.7. The van der Waals surface area contributed by atoms with Gasteiger partial charge < -0.3 is 5.32 Å². The Morgan fingerprint density at radius 3 is 2.88 bits per heavy atom. The fourth-order valence-electron chi connectivity index (χ4n) is 0.992. The first kappa shape index (κ1) is 13.3. The maximum Gasteiger partial charge on any atom is 0.252 e. The minimum atomic E-state index is -0.927. The van der Waals surface area contributed by atoms with Crippen LogP contribution in [0.4, 0.5) is 0 Å². The van der Waals surface area contributed by atoms with Crippen LogP contribution in [0.25, 0.3) is 0 Å². The topological polar surface area (TPSA) is 59.1 Å². The molecule has 0 aliphatic heterocycles. The lowest BCUT2D eigenvalue weighted by atomic mass is 10.2. The molecule has 1 aromatic heterocycles. The highest BCUT2D eigenvalue weighted by Crippen LogP contribution is 2.09. The normalized spacial score (nSPS) is 14.2. The summed E-state index contributed by atoms with van der Waals surface area (Å²) in [6.45, 7) is 2.23. The molecule has 1 amide bonds. The van der Waals surface area contributed by atoms with Gasteiger partial charge in [-0.2, -0.15) is 0 Å². The minimum Gasteiger partial charge on any atom is -0.351 e. The number of hydrogen-bond donors (Lipinski definition) is 1. The van der Waals surface area contributed by atoms with Crippen LogP contribution in [0.5, 0.6) is 0 Å². The number of amides is 1. The lowest BCUT2D eigenvalue weighted by Crippen LogP contribution is -2.32. The van der Waals surface area contributed by atoms with E-state index in [9.17, 15) is 9.00 Å². The van der Waals surface area contributed by atoms with Gasteiger partial charge in [-0.05, 0) is 28.9 Å². The van der Waals surface area contributed by atoms with Crippen LogP contribution in [0.3, 0.4) is 0 Å². The third-order valence-electron chi connectivity index (χ3n) is 2.08. The number of pyridine rings is 1. The van der Waals surface area contributed by atoms with E-state index in [-0.39, 0.29) is 11.2 Å². The molecule has 1 rings (SSSR count). The van der Waals surface area contributed by atoms with Crippen LogP contribution in [0.2, 0.25) is 0 Å². The standard InChI is InChI=1S/C10H13BrN2O2S/c1-7(16(2)15)4-13-10(14)8-3-9(11)6-12-5-8/h3,5-7H,4H2,1-2H3,(H,13,14). The second kappa shape index (κ2) is 6.10. The molecule has 2 atom stereocenters. The Morgan fingerprint density at radius 2 is 2.31 bits per heavy atom. The van der Waals surface area contributed by atoms with Crippen LogP contribution < -0.4 is 5.32 Å². The molecule has 0 aliphatic carbocycles. The molecule has 0 fully saturated rings. The van der Waals surface area contributed by atoms with Crippen molar-refractivity contribution in [3.05, 3.63) is 28.5 Å². The number of hydrogen-bond acceptors (Lipinski definition) is 3. The first-order valence-electron chi connectivity index (χ1n) is 4.71. The van der Waals surface area contributed by atoms with Gasteiger partial charge in [0.25, 0.3) is 5.91 Å². The summed E-state index contributed by atoms with van der Waals surface area (Å²) < 4.78 is 11.8. The van der Waals surface area contributed by atoms with Gasteiger partial charge in [0.05, 0.1) is 5.56 Å². The second-order valence-electron chi connectivity index (χ2n) is 3.41. The zero-order valence-electron chi connectivity index (χ0n) is 9.07. The van der Waals surface area contributed by atoms with Crippen molar-refractivity contribution >= 4 is 32.6 Å². The van der Waals surface area contributed by atoms with E-state index in [2.05, 4.69) is 26.2 Å². The van der Waals surface area contributed by atoms with Crippen molar-refractivity contribution in [2.45, 2.75) is 12.2 Å². The fraction of sp³-hybridized carbons (Fsp3) is 0.400. The van der Waals surface area contributed by atoms with Gasteiger partial charge in [0.1, 0.15) is 0 Å². The Balaban J connectivity index is 2.56. The number of aromatic nitrogens is 1. The van der Waals surface area contributed by atoms with Crippen molar-refractivity contribution in [3.63, 3.8) is 0 Å². The van der Waals surface area contributed by atoms with Crippen LogP contribution >= 0.6 is 15.9 Å². The smallest absolute Gasteiger partial charge is 0.252 e. The molecule has 0 saturated heterocycles. The number of nitrogens with zero attached hydrogens (tertiary/aromatic N) is 1. The molecule has 1 aromatic rings. The lowest BCUT2D eigenvalue weighted by Gasteiger charge is -2.09. The number of carbonyl (C=O) groups is 1. The molecule has 0 spiro atoms. The van der Waals surface area contributed by atoms with Crippen molar-refractivity contribution in [1.29, 1.82) is 0 Å². The largest absolute Gasteiger partial charge is 0.351 e. The monoisotopic (exact) mass is 304 g/mol. The molecule has 0 saturated carbocycles. The molecule has 0 bridgehead atoms. The first-order valence-corrected chi connectivity index (χ1v) is 7.13. The van der Waals surface area contributed by atoms with Gasteiger partial charge in [-0.15, -0.1) is 0 Å². The highest BCUT2D eigenvalue weighted by atomic mass is 79.9. The molecular formula is C10H13BrN2O2S. The van der Waals surface area contributed by atoms with E-state index >= 15 is 0 Å². The Labute approximate surface area is 105 Å². The lowest BCUT2D eigenvalue weighted by molar-refractivity contribution is 0.0953. The number of carbonyl (C=O) groups excluding carboxylic acids is 1. The average Bonchev–Trinajstić information content (AvgIpc) is 2.25. The van der Waals surface area contributed by atoms with E-state index < -0.39 is 10.8 Å². The van der Waals surface area contributed by atoms with Gasteiger partial charge >= 0.3 is 0 Å². The van der Waals surface area contributed by atoms with E-state index in [4.69, 9.17) is 0 Å². The quantitative estimate of drug-likeness (QED) is 0.913. The summed E-state index contributed by atoms with van der Waals surface area (Å²) in [5, 5.41) is 2.66. The summed E-state index contributed by atoms with van der Waals surface area (Å²) in [4.78, 5) is 15.6. The summed E-state index contributed by atoms with van der Waals surface area (Å²) >= 11 is 3.24. The van der Waals surface area contributed by atoms with Crippen LogP contribution in [0, 0.1) is 0 Å². The third-order valence-corrected chi connectivity index (χ3v) is 3.82. The molecule has 6 heteroatoms. The third kappa shape index (κ3) is 4.02. The molecule has 2 unspecified atom stereocenters. The zero-order valence-corrected chi connectivity index (χ0v) is 11.5. The van der Waals surface area contributed by atoms with Crippen LogP contribution in [0.15, 0.2) is 22.9 Å². The molecule has 0 radical (unpaired) electrons. The minimum absolute atomic E-state index is 0.0518. The Kier molecular flexibility index (Phi) is 5.08. The summed E-state index contributed by atoms with van der Waals surface area (Å²) in [5.41, 5.74) is 0.489. The van der Waals surface area contributed by atoms with Crippen molar-refractivity contribution in [2.75, 3.05) is 12.8 Å². The SMILES string of the molecule is CC(CNC(=O)c1cncc(Br)c1)S(C)=O. The summed E-state index contributed by atoms with van der Waals surface area (Å²) in [6, 6.07) is 1.69. The van der Waals surface area contributed by atoms with Crippen LogP contribution in [-0.4, -0.2) is 33.2 Å². The second-order valence-corrected chi connectivity index (χ2v) is 6.13. The summed E-state index contributed by atoms with van der Waals surface area (Å²) in [7, 11) is -0.927. The molecule has 1 N–H and O–H groups in total. The molecule has 16 heavy (non-hydrogen) atoms. The Bertz CT molecular complexity index is 412. The first-order chi connectivity index (χ1) is 7.50. The van der Waals surface area contributed by atoms with Crippen molar-refractivity contribution in [1.82, 2.24) is 10.3 Å². The van der Waals surface area contributed by atoms with Crippen molar-refractivity contribution in [2.24, 2.45) is 0 Å². The fourth-order valence-corrected chi connectivity index (χ4v) is 1.67. The highest BCUT2D eigenvalue weighted by Gasteiger charge is 2.10. The van der Waals surface area contributed by atoms with E-state index in [1.165, 1.54) is 6.20 Å². The van der Waals surface area contributed by atoms with Crippen molar-refractivity contribution in [3.8, 4) is 0 Å². The highest BCUT2D eigenvalue weighted by molar-refractivity contribution is 9.10. The van der Waals surface area contributed by atoms with Gasteiger partial charge in [0.15, 0.2) is 0 Å². The molecule has 1 heterocycles. The Morgan fingerprint density at radius 1 is 1.62 bits per heavy atom. The predicted molar refractivity (Wildman–Crippen MR) is 67.8 cm³/mol. The van der Waals surface area contributed by atoms with Gasteiger partial charge in [0.2, 0.25) is 0 Å². The maximum absolute atomic E-state index is 11.7. The van der Waals surface area contributed by atoms with Gasteiger partial charge in [-0.3, -0.25) is 14.0 Å². The number of nitrogens with one attached hydrogen (secondary N) is 1. The number of rotatable bonds is 4. The van der Waals surface area contributed by atoms with Crippen LogP contribution in [-0.2, 0) is 10.8 Å². The van der Waals surface area contributed by atoms with E-state index in [1.807, 2.05) is 6.92 Å². The van der Waals surface area contributed by atoms with E-state index in [0.717, 1.165) is 4.47 Å². The molecule has 4 nitrogen and oxygen atoms in total. The predicted octanol–water partition coefficient (Wildman–Crippen LogP) is 1.34. The molecule has 0 aromatic carbocycles. The zero-order chi connectivity index (χ0) is 12.1. The van der Waals surface area contributed by atoms with Gasteiger partial charge in [0, 0.05) is 45.7 Å². The van der Waals surface area contributed by atoms with Crippen LogP contribution in [0.1, 0.15) is 17.3 Å². The van der Waals surface area contributed by atoms with Crippen molar-refractivity contribution < 1.29 is 9.00 Å². The molecule has 0 aliphatic rings. The number of halogens is 1. The molecule has 88 valence electrons. The van der Waals surface area contributed by atoms with E-state index in [1.54, 1.807) is 18.5 Å². The average molecular weight is 305 g/mol. The molecular weight excluding hydrogens is 292 g/mol. The van der Waals surface area contributed by atoms with Gasteiger partial charge in [-0.25, -0.2) is 0 Å². The Hall–Kier alpha value is -0.750.